The second kappa shape index (κ2) is 4.93. The van der Waals surface area contributed by atoms with Gasteiger partial charge in [0.1, 0.15) is 23.3 Å². The Morgan fingerprint density at radius 1 is 1.28 bits per heavy atom. The summed E-state index contributed by atoms with van der Waals surface area (Å²) in [5.74, 6) is 0.755. The summed E-state index contributed by atoms with van der Waals surface area (Å²) in [4.78, 5) is 13.9. The Morgan fingerprint density at radius 3 is 2.72 bits per heavy atom. The predicted molar refractivity (Wildman–Crippen MR) is 62.1 cm³/mol. The minimum atomic E-state index is -0.496. The molecule has 0 N–H and O–H groups in total. The standard InChI is InChI=1S/C12H7N3O3/c13-7-9-4-5-12(8-14-9)18-11-3-1-2-10(6-11)15(16)17/h1-6,8H. The number of nitrogens with zero attached hydrogens (tertiary/aromatic N) is 3. The number of aromatic nitrogens is 1. The van der Waals surface area contributed by atoms with E-state index < -0.39 is 4.92 Å². The average molecular weight is 241 g/mol. The topological polar surface area (TPSA) is 89.0 Å². The average Bonchev–Trinajstić information content (AvgIpc) is 2.40. The van der Waals surface area contributed by atoms with Gasteiger partial charge in [-0.2, -0.15) is 5.26 Å². The number of nitriles is 1. The Morgan fingerprint density at radius 2 is 2.11 bits per heavy atom. The maximum absolute atomic E-state index is 10.6. The number of ether oxygens (including phenoxy) is 1. The molecule has 0 saturated carbocycles. The summed E-state index contributed by atoms with van der Waals surface area (Å²) >= 11 is 0. The molecule has 0 aliphatic carbocycles. The molecule has 88 valence electrons. The third-order valence-corrected chi connectivity index (χ3v) is 2.12. The first-order chi connectivity index (χ1) is 8.69. The Kier molecular flexibility index (Phi) is 3.16. The highest BCUT2D eigenvalue weighted by molar-refractivity contribution is 5.40. The highest BCUT2D eigenvalue weighted by atomic mass is 16.6. The molecule has 1 aromatic heterocycles. The number of hydrogen-bond acceptors (Lipinski definition) is 5. The number of nitro groups is 1. The molecule has 1 aromatic carbocycles. The molecule has 0 aliphatic rings. The lowest BCUT2D eigenvalue weighted by atomic mass is 10.3. The Balaban J connectivity index is 2.20. The van der Waals surface area contributed by atoms with Gasteiger partial charge in [0, 0.05) is 6.07 Å². The predicted octanol–water partition coefficient (Wildman–Crippen LogP) is 2.65. The summed E-state index contributed by atoms with van der Waals surface area (Å²) < 4.78 is 5.39. The van der Waals surface area contributed by atoms with Crippen LogP contribution in [0.5, 0.6) is 11.5 Å². The molecule has 0 saturated heterocycles. The SMILES string of the molecule is N#Cc1ccc(Oc2cccc([N+](=O)[O-])c2)cn1. The van der Waals surface area contributed by atoms with E-state index >= 15 is 0 Å². The molecule has 0 unspecified atom stereocenters. The molecule has 0 atom stereocenters. The molecule has 2 rings (SSSR count). The van der Waals surface area contributed by atoms with Crippen LogP contribution in [0.2, 0.25) is 0 Å². The lowest BCUT2D eigenvalue weighted by Gasteiger charge is -2.04. The molecule has 2 aromatic rings. The van der Waals surface area contributed by atoms with Crippen LogP contribution < -0.4 is 4.74 Å². The van der Waals surface area contributed by atoms with Crippen LogP contribution in [-0.2, 0) is 0 Å². The van der Waals surface area contributed by atoms with E-state index in [-0.39, 0.29) is 11.4 Å². The van der Waals surface area contributed by atoms with Gasteiger partial charge >= 0.3 is 0 Å². The zero-order valence-electron chi connectivity index (χ0n) is 9.11. The van der Waals surface area contributed by atoms with Crippen molar-refractivity contribution in [3.63, 3.8) is 0 Å². The molecule has 6 nitrogen and oxygen atoms in total. The molecule has 1 heterocycles. The largest absolute Gasteiger partial charge is 0.455 e. The highest BCUT2D eigenvalue weighted by Crippen LogP contribution is 2.24. The fraction of sp³-hybridized carbons (Fsp3) is 0. The number of benzene rings is 1. The van der Waals surface area contributed by atoms with E-state index in [1.54, 1.807) is 12.1 Å². The third-order valence-electron chi connectivity index (χ3n) is 2.12. The zero-order valence-corrected chi connectivity index (χ0v) is 9.11. The summed E-state index contributed by atoms with van der Waals surface area (Å²) in [6, 6.07) is 10.8. The molecule has 6 heteroatoms. The summed E-state index contributed by atoms with van der Waals surface area (Å²) in [5.41, 5.74) is 0.232. The van der Waals surface area contributed by atoms with E-state index in [1.165, 1.54) is 30.5 Å². The molecular formula is C12H7N3O3. The van der Waals surface area contributed by atoms with Crippen LogP contribution in [0.1, 0.15) is 5.69 Å². The molecule has 0 bridgehead atoms. The molecule has 0 aliphatic heterocycles. The minimum absolute atomic E-state index is 0.0471. The second-order valence-electron chi connectivity index (χ2n) is 3.35. The van der Waals surface area contributed by atoms with Gasteiger partial charge in [0.15, 0.2) is 0 Å². The van der Waals surface area contributed by atoms with Gasteiger partial charge in [-0.25, -0.2) is 4.98 Å². The molecule has 18 heavy (non-hydrogen) atoms. The van der Waals surface area contributed by atoms with Crippen molar-refractivity contribution in [2.45, 2.75) is 0 Å². The quantitative estimate of drug-likeness (QED) is 0.608. The van der Waals surface area contributed by atoms with Crippen molar-refractivity contribution in [3.8, 4) is 17.6 Å². The fourth-order valence-electron chi connectivity index (χ4n) is 1.30. The Hall–Kier alpha value is -2.94. The van der Waals surface area contributed by atoms with Crippen LogP contribution in [0.15, 0.2) is 42.6 Å². The van der Waals surface area contributed by atoms with E-state index in [9.17, 15) is 10.1 Å². The maximum atomic E-state index is 10.6. The summed E-state index contributed by atoms with van der Waals surface area (Å²) in [7, 11) is 0. The van der Waals surface area contributed by atoms with Gasteiger partial charge in [0.25, 0.3) is 5.69 Å². The second-order valence-corrected chi connectivity index (χ2v) is 3.35. The molecule has 0 amide bonds. The van der Waals surface area contributed by atoms with E-state index in [4.69, 9.17) is 10.00 Å². The number of rotatable bonds is 3. The van der Waals surface area contributed by atoms with Crippen LogP contribution in [-0.4, -0.2) is 9.91 Å². The van der Waals surface area contributed by atoms with Gasteiger partial charge < -0.3 is 4.74 Å². The molecular weight excluding hydrogens is 234 g/mol. The first kappa shape index (κ1) is 11.5. The van der Waals surface area contributed by atoms with Crippen molar-refractivity contribution in [2.75, 3.05) is 0 Å². The Labute approximate surface area is 102 Å². The van der Waals surface area contributed by atoms with Crippen molar-refractivity contribution in [3.05, 3.63) is 58.4 Å². The van der Waals surface area contributed by atoms with Gasteiger partial charge in [-0.1, -0.05) is 6.07 Å². The smallest absolute Gasteiger partial charge is 0.273 e. The van der Waals surface area contributed by atoms with Crippen LogP contribution in [0.25, 0.3) is 0 Å². The number of non-ortho nitro benzene ring substituents is 1. The first-order valence-electron chi connectivity index (χ1n) is 4.97. The summed E-state index contributed by atoms with van der Waals surface area (Å²) in [6.07, 6.45) is 1.39. The highest BCUT2D eigenvalue weighted by Gasteiger charge is 2.07. The monoisotopic (exact) mass is 241 g/mol. The fourth-order valence-corrected chi connectivity index (χ4v) is 1.30. The summed E-state index contributed by atoms with van der Waals surface area (Å²) in [6.45, 7) is 0. The first-order valence-corrected chi connectivity index (χ1v) is 4.97. The zero-order chi connectivity index (χ0) is 13.0. The normalized spacial score (nSPS) is 9.50. The van der Waals surface area contributed by atoms with E-state index in [1.807, 2.05) is 6.07 Å². The third kappa shape index (κ3) is 2.59. The van der Waals surface area contributed by atoms with Gasteiger partial charge in [-0.05, 0) is 18.2 Å². The maximum Gasteiger partial charge on any atom is 0.273 e. The van der Waals surface area contributed by atoms with Crippen molar-refractivity contribution in [2.24, 2.45) is 0 Å². The van der Waals surface area contributed by atoms with Crippen molar-refractivity contribution in [1.29, 1.82) is 5.26 Å². The van der Waals surface area contributed by atoms with Gasteiger partial charge in [-0.15, -0.1) is 0 Å². The van der Waals surface area contributed by atoms with Crippen molar-refractivity contribution < 1.29 is 9.66 Å². The summed E-state index contributed by atoms with van der Waals surface area (Å²) in [5, 5.41) is 19.2. The molecule has 0 fully saturated rings. The van der Waals surface area contributed by atoms with Gasteiger partial charge in [0.2, 0.25) is 0 Å². The van der Waals surface area contributed by atoms with Crippen molar-refractivity contribution in [1.82, 2.24) is 4.98 Å². The van der Waals surface area contributed by atoms with Crippen molar-refractivity contribution >= 4 is 5.69 Å². The van der Waals surface area contributed by atoms with E-state index in [0.29, 0.717) is 11.5 Å². The number of hydrogen-bond donors (Lipinski definition) is 0. The number of nitro benzene ring substituents is 1. The molecule has 0 spiro atoms. The Bertz CT molecular complexity index is 617. The van der Waals surface area contributed by atoms with Gasteiger partial charge in [-0.3, -0.25) is 10.1 Å². The number of pyridine rings is 1. The van der Waals surface area contributed by atoms with Gasteiger partial charge in [0.05, 0.1) is 17.2 Å². The lowest BCUT2D eigenvalue weighted by Crippen LogP contribution is -1.90. The van der Waals surface area contributed by atoms with E-state index in [2.05, 4.69) is 4.98 Å². The van der Waals surface area contributed by atoms with E-state index in [0.717, 1.165) is 0 Å². The lowest BCUT2D eigenvalue weighted by molar-refractivity contribution is -0.384. The minimum Gasteiger partial charge on any atom is -0.455 e. The van der Waals surface area contributed by atoms with Crippen LogP contribution in [0.3, 0.4) is 0 Å². The molecule has 0 radical (unpaired) electrons. The van der Waals surface area contributed by atoms with Crippen LogP contribution in [0.4, 0.5) is 5.69 Å². The van der Waals surface area contributed by atoms with Crippen LogP contribution >= 0.6 is 0 Å². The van der Waals surface area contributed by atoms with Crippen LogP contribution in [0, 0.1) is 21.4 Å².